The number of aliphatic hydroxyl groups is 1. The fraction of sp³-hybridized carbons (Fsp3) is 0.944. The van der Waals surface area contributed by atoms with Crippen LogP contribution in [0.2, 0.25) is 0 Å². The zero-order valence-corrected chi connectivity index (χ0v) is 15.7. The maximum atomic E-state index is 10.1. The Labute approximate surface area is 147 Å². The zero-order valence-electron chi connectivity index (χ0n) is 15.7. The molecule has 24 heavy (non-hydrogen) atoms. The Bertz CT molecular complexity index is 377. The molecule has 0 aromatic carbocycles. The summed E-state index contributed by atoms with van der Waals surface area (Å²) < 4.78 is 5.55. The molecule has 0 aromatic rings. The Morgan fingerprint density at radius 3 is 2.54 bits per heavy atom. The van der Waals surface area contributed by atoms with Gasteiger partial charge < -0.3 is 20.1 Å². The number of nitrogens with one attached hydrogen (secondary N) is 1. The zero-order chi connectivity index (χ0) is 17.4. The van der Waals surface area contributed by atoms with Crippen molar-refractivity contribution in [2.75, 3.05) is 59.0 Å². The van der Waals surface area contributed by atoms with Gasteiger partial charge in [0.15, 0.2) is 5.96 Å². The lowest BCUT2D eigenvalue weighted by Crippen LogP contribution is -2.53. The highest BCUT2D eigenvalue weighted by Crippen LogP contribution is 2.28. The average Bonchev–Trinajstić information content (AvgIpc) is 3.36. The van der Waals surface area contributed by atoms with Crippen LogP contribution in [0.4, 0.5) is 0 Å². The average molecular weight is 341 g/mol. The van der Waals surface area contributed by atoms with Crippen molar-refractivity contribution in [2.45, 2.75) is 39.7 Å². The van der Waals surface area contributed by atoms with Crippen LogP contribution in [-0.4, -0.2) is 86.0 Å². The first-order valence-electron chi connectivity index (χ1n) is 9.59. The molecule has 1 heterocycles. The molecule has 6 heteroatoms. The maximum absolute atomic E-state index is 10.1. The van der Waals surface area contributed by atoms with E-state index in [2.05, 4.69) is 40.9 Å². The molecule has 1 aliphatic carbocycles. The molecular formula is C18H36N4O2. The topological polar surface area (TPSA) is 60.3 Å². The Morgan fingerprint density at radius 1 is 1.25 bits per heavy atom. The Morgan fingerprint density at radius 2 is 1.96 bits per heavy atom. The first kappa shape index (κ1) is 19.5. The molecule has 0 aromatic heterocycles. The number of hydrogen-bond acceptors (Lipinski definition) is 4. The fourth-order valence-electron chi connectivity index (χ4n) is 2.98. The van der Waals surface area contributed by atoms with E-state index in [0.29, 0.717) is 19.1 Å². The van der Waals surface area contributed by atoms with Crippen LogP contribution in [0.3, 0.4) is 0 Å². The van der Waals surface area contributed by atoms with E-state index in [9.17, 15) is 5.11 Å². The van der Waals surface area contributed by atoms with Crippen molar-refractivity contribution in [1.82, 2.24) is 15.1 Å². The Balaban J connectivity index is 1.73. The van der Waals surface area contributed by atoms with Gasteiger partial charge in [0.05, 0.1) is 19.3 Å². The van der Waals surface area contributed by atoms with Crippen LogP contribution < -0.4 is 5.32 Å². The second kappa shape index (κ2) is 10.2. The standard InChI is InChI=1S/C18H36N4O2/c1-4-19-18(20-11-17(23)14-24-13-16-5-6-16)22-9-7-21(8-10-22)12-15(2)3/h15-17,23H,4-14H2,1-3H3,(H,19,20). The van der Waals surface area contributed by atoms with Gasteiger partial charge in [0, 0.05) is 45.9 Å². The number of ether oxygens (including phenoxy) is 1. The highest BCUT2D eigenvalue weighted by molar-refractivity contribution is 5.80. The molecule has 2 rings (SSSR count). The van der Waals surface area contributed by atoms with Gasteiger partial charge in [-0.25, -0.2) is 0 Å². The van der Waals surface area contributed by atoms with E-state index in [0.717, 1.165) is 51.2 Å². The SMILES string of the molecule is CCNC(=NCC(O)COCC1CC1)N1CCN(CC(C)C)CC1. The molecule has 2 fully saturated rings. The molecule has 0 radical (unpaired) electrons. The van der Waals surface area contributed by atoms with Crippen LogP contribution in [0.5, 0.6) is 0 Å². The van der Waals surface area contributed by atoms with Gasteiger partial charge in [-0.15, -0.1) is 0 Å². The van der Waals surface area contributed by atoms with E-state index in [-0.39, 0.29) is 0 Å². The van der Waals surface area contributed by atoms with E-state index in [1.54, 1.807) is 0 Å². The summed E-state index contributed by atoms with van der Waals surface area (Å²) in [4.78, 5) is 9.44. The summed E-state index contributed by atoms with van der Waals surface area (Å²) in [5, 5.41) is 13.4. The van der Waals surface area contributed by atoms with Gasteiger partial charge in [0.25, 0.3) is 0 Å². The van der Waals surface area contributed by atoms with E-state index in [4.69, 9.17) is 4.74 Å². The number of hydrogen-bond donors (Lipinski definition) is 2. The number of aliphatic imine (C=N–C) groups is 1. The van der Waals surface area contributed by atoms with Crippen molar-refractivity contribution in [3.05, 3.63) is 0 Å². The van der Waals surface area contributed by atoms with E-state index in [1.807, 2.05) is 0 Å². The van der Waals surface area contributed by atoms with E-state index in [1.165, 1.54) is 19.4 Å². The minimum Gasteiger partial charge on any atom is -0.389 e. The predicted molar refractivity (Wildman–Crippen MR) is 98.4 cm³/mol. The number of nitrogens with zero attached hydrogens (tertiary/aromatic N) is 3. The molecule has 0 bridgehead atoms. The summed E-state index contributed by atoms with van der Waals surface area (Å²) in [5.41, 5.74) is 0. The minimum atomic E-state index is -0.514. The summed E-state index contributed by atoms with van der Waals surface area (Å²) >= 11 is 0. The van der Waals surface area contributed by atoms with Crippen molar-refractivity contribution < 1.29 is 9.84 Å². The van der Waals surface area contributed by atoms with Gasteiger partial charge >= 0.3 is 0 Å². The molecule has 2 aliphatic rings. The lowest BCUT2D eigenvalue weighted by atomic mass is 10.2. The van der Waals surface area contributed by atoms with Crippen molar-refractivity contribution in [3.63, 3.8) is 0 Å². The number of aliphatic hydroxyl groups excluding tert-OH is 1. The monoisotopic (exact) mass is 340 g/mol. The lowest BCUT2D eigenvalue weighted by molar-refractivity contribution is 0.0367. The Kier molecular flexibility index (Phi) is 8.29. The summed E-state index contributed by atoms with van der Waals surface area (Å²) in [6.45, 7) is 14.4. The van der Waals surface area contributed by atoms with Crippen LogP contribution in [0.25, 0.3) is 0 Å². The first-order chi connectivity index (χ1) is 11.6. The van der Waals surface area contributed by atoms with Crippen LogP contribution in [0.1, 0.15) is 33.6 Å². The molecule has 1 saturated carbocycles. The van der Waals surface area contributed by atoms with Crippen molar-refractivity contribution in [2.24, 2.45) is 16.8 Å². The molecular weight excluding hydrogens is 304 g/mol. The maximum Gasteiger partial charge on any atom is 0.194 e. The van der Waals surface area contributed by atoms with Crippen LogP contribution in [0.15, 0.2) is 4.99 Å². The molecule has 1 unspecified atom stereocenters. The third-order valence-electron chi connectivity index (χ3n) is 4.44. The molecule has 0 spiro atoms. The van der Waals surface area contributed by atoms with Crippen LogP contribution in [-0.2, 0) is 4.74 Å². The van der Waals surface area contributed by atoms with Gasteiger partial charge in [-0.1, -0.05) is 13.8 Å². The van der Waals surface area contributed by atoms with E-state index < -0.39 is 6.10 Å². The lowest BCUT2D eigenvalue weighted by Gasteiger charge is -2.37. The quantitative estimate of drug-likeness (QED) is 0.485. The third kappa shape index (κ3) is 7.36. The second-order valence-electron chi connectivity index (χ2n) is 7.51. The van der Waals surface area contributed by atoms with Crippen molar-refractivity contribution in [3.8, 4) is 0 Å². The summed E-state index contributed by atoms with van der Waals surface area (Å²) in [6.07, 6.45) is 2.04. The largest absolute Gasteiger partial charge is 0.389 e. The van der Waals surface area contributed by atoms with Gasteiger partial charge in [0.2, 0.25) is 0 Å². The third-order valence-corrected chi connectivity index (χ3v) is 4.44. The molecule has 2 N–H and O–H groups in total. The van der Waals surface area contributed by atoms with Gasteiger partial charge in [-0.05, 0) is 31.6 Å². The van der Waals surface area contributed by atoms with Crippen LogP contribution >= 0.6 is 0 Å². The highest BCUT2D eigenvalue weighted by Gasteiger charge is 2.22. The van der Waals surface area contributed by atoms with Gasteiger partial charge in [-0.2, -0.15) is 0 Å². The smallest absolute Gasteiger partial charge is 0.194 e. The first-order valence-corrected chi connectivity index (χ1v) is 9.59. The summed E-state index contributed by atoms with van der Waals surface area (Å²) in [6, 6.07) is 0. The Hall–Kier alpha value is -0.850. The minimum absolute atomic E-state index is 0.390. The van der Waals surface area contributed by atoms with Gasteiger partial charge in [-0.3, -0.25) is 9.89 Å². The molecule has 1 saturated heterocycles. The van der Waals surface area contributed by atoms with Gasteiger partial charge in [0.1, 0.15) is 0 Å². The van der Waals surface area contributed by atoms with Crippen molar-refractivity contribution >= 4 is 5.96 Å². The molecule has 1 atom stereocenters. The highest BCUT2D eigenvalue weighted by atomic mass is 16.5. The number of guanidine groups is 1. The number of rotatable bonds is 9. The number of piperazine rings is 1. The fourth-order valence-corrected chi connectivity index (χ4v) is 2.98. The van der Waals surface area contributed by atoms with Crippen molar-refractivity contribution in [1.29, 1.82) is 0 Å². The predicted octanol–water partition coefficient (Wildman–Crippen LogP) is 1.01. The molecule has 1 aliphatic heterocycles. The van der Waals surface area contributed by atoms with E-state index >= 15 is 0 Å². The molecule has 0 amide bonds. The second-order valence-corrected chi connectivity index (χ2v) is 7.51. The van der Waals surface area contributed by atoms with Crippen LogP contribution in [0, 0.1) is 11.8 Å². The summed E-state index contributed by atoms with van der Waals surface area (Å²) in [7, 11) is 0. The normalized spacial score (nSPS) is 21.4. The summed E-state index contributed by atoms with van der Waals surface area (Å²) in [5.74, 6) is 2.37. The molecule has 140 valence electrons. The molecule has 6 nitrogen and oxygen atoms in total.